The van der Waals surface area contributed by atoms with Gasteiger partial charge < -0.3 is 9.80 Å². The van der Waals surface area contributed by atoms with Gasteiger partial charge in [-0.25, -0.2) is 0 Å². The van der Waals surface area contributed by atoms with E-state index in [9.17, 15) is 0 Å². The third-order valence-electron chi connectivity index (χ3n) is 3.52. The quantitative estimate of drug-likeness (QED) is 0.690. The molecule has 4 nitrogen and oxygen atoms in total. The van der Waals surface area contributed by atoms with E-state index in [1.54, 1.807) is 12.4 Å². The summed E-state index contributed by atoms with van der Waals surface area (Å²) in [5.74, 6) is 0. The molecule has 0 saturated carbocycles. The molecule has 0 bridgehead atoms. The van der Waals surface area contributed by atoms with Gasteiger partial charge in [-0.1, -0.05) is 0 Å². The predicted octanol–water partition coefficient (Wildman–Crippen LogP) is 0.705. The maximum atomic E-state index is 9.01. The van der Waals surface area contributed by atoms with E-state index in [1.165, 1.54) is 13.1 Å². The van der Waals surface area contributed by atoms with Crippen LogP contribution in [-0.4, -0.2) is 43.1 Å². The molecular weight excluding hydrogens is 200 g/mol. The van der Waals surface area contributed by atoms with E-state index in [1.807, 2.05) is 6.07 Å². The molecule has 0 amide bonds. The molecule has 2 saturated heterocycles. The summed E-state index contributed by atoms with van der Waals surface area (Å²) in [5.41, 5.74) is 2.23. The molecular formula is C12H14N4. The van der Waals surface area contributed by atoms with Crippen LogP contribution >= 0.6 is 0 Å². The molecule has 4 heteroatoms. The Labute approximate surface area is 95.1 Å². The van der Waals surface area contributed by atoms with E-state index in [-0.39, 0.29) is 0 Å². The van der Waals surface area contributed by atoms with E-state index >= 15 is 0 Å². The molecule has 0 aliphatic carbocycles. The molecule has 2 fully saturated rings. The minimum atomic E-state index is 0.505. The lowest BCUT2D eigenvalue weighted by Crippen LogP contribution is -2.71. The molecule has 3 heterocycles. The van der Waals surface area contributed by atoms with Crippen molar-refractivity contribution in [3.63, 3.8) is 0 Å². The third-order valence-corrected chi connectivity index (χ3v) is 3.52. The van der Waals surface area contributed by atoms with Gasteiger partial charge in [0.2, 0.25) is 0 Å². The van der Waals surface area contributed by atoms with E-state index in [2.05, 4.69) is 27.9 Å². The van der Waals surface area contributed by atoms with Crippen molar-refractivity contribution in [3.05, 3.63) is 24.0 Å². The van der Waals surface area contributed by atoms with Crippen molar-refractivity contribution in [2.75, 3.05) is 38.1 Å². The summed E-state index contributed by atoms with van der Waals surface area (Å²) in [6.07, 6.45) is 3.40. The highest BCUT2D eigenvalue weighted by molar-refractivity contribution is 5.60. The molecule has 0 unspecified atom stereocenters. The van der Waals surface area contributed by atoms with Gasteiger partial charge in [-0.2, -0.15) is 5.26 Å². The maximum absolute atomic E-state index is 9.01. The first kappa shape index (κ1) is 9.61. The second-order valence-electron chi connectivity index (χ2n) is 5.03. The zero-order chi connectivity index (χ0) is 11.2. The van der Waals surface area contributed by atoms with Crippen LogP contribution in [0.15, 0.2) is 18.5 Å². The highest BCUT2D eigenvalue weighted by Crippen LogP contribution is 2.41. The number of nitrogens with zero attached hydrogens (tertiary/aromatic N) is 4. The van der Waals surface area contributed by atoms with Crippen molar-refractivity contribution in [1.82, 2.24) is 9.88 Å². The molecule has 2 aliphatic rings. The van der Waals surface area contributed by atoms with E-state index in [4.69, 9.17) is 5.26 Å². The van der Waals surface area contributed by atoms with E-state index in [0.717, 1.165) is 18.8 Å². The smallest absolute Gasteiger partial charge is 0.103 e. The molecule has 1 spiro atoms. The van der Waals surface area contributed by atoms with Crippen LogP contribution in [0.25, 0.3) is 0 Å². The zero-order valence-corrected chi connectivity index (χ0v) is 9.35. The lowest BCUT2D eigenvalue weighted by molar-refractivity contribution is -0.00241. The summed E-state index contributed by atoms with van der Waals surface area (Å²) in [5, 5.41) is 9.01. The van der Waals surface area contributed by atoms with Gasteiger partial charge in [0.1, 0.15) is 6.07 Å². The normalized spacial score (nSPS) is 22.4. The van der Waals surface area contributed by atoms with E-state index in [0.29, 0.717) is 11.0 Å². The van der Waals surface area contributed by atoms with Crippen LogP contribution in [0, 0.1) is 16.7 Å². The van der Waals surface area contributed by atoms with Crippen molar-refractivity contribution in [3.8, 4) is 6.07 Å². The number of pyridine rings is 1. The molecule has 2 aliphatic heterocycles. The first-order valence-corrected chi connectivity index (χ1v) is 5.50. The average Bonchev–Trinajstić information content (AvgIpc) is 2.21. The second kappa shape index (κ2) is 3.19. The Morgan fingerprint density at radius 3 is 2.75 bits per heavy atom. The van der Waals surface area contributed by atoms with Gasteiger partial charge in [0.25, 0.3) is 0 Å². The molecule has 82 valence electrons. The molecule has 3 rings (SSSR count). The summed E-state index contributed by atoms with van der Waals surface area (Å²) in [6.45, 7) is 4.54. The van der Waals surface area contributed by atoms with Crippen LogP contribution in [0.4, 0.5) is 5.69 Å². The molecule has 1 aromatic rings. The minimum Gasteiger partial charge on any atom is -0.369 e. The molecule has 0 N–H and O–H groups in total. The van der Waals surface area contributed by atoms with Crippen LogP contribution in [0.5, 0.6) is 0 Å². The Morgan fingerprint density at radius 2 is 2.12 bits per heavy atom. The summed E-state index contributed by atoms with van der Waals surface area (Å²) in [6, 6.07) is 4.14. The largest absolute Gasteiger partial charge is 0.369 e. The van der Waals surface area contributed by atoms with Gasteiger partial charge in [-0.15, -0.1) is 0 Å². The van der Waals surface area contributed by atoms with Crippen molar-refractivity contribution >= 4 is 5.69 Å². The Bertz CT molecular complexity index is 448. The fourth-order valence-electron chi connectivity index (χ4n) is 2.98. The monoisotopic (exact) mass is 214 g/mol. The SMILES string of the molecule is CN1CC2(C1)CN(c1ccncc1C#N)C2. The number of nitriles is 1. The Kier molecular flexibility index (Phi) is 1.92. The number of aromatic nitrogens is 1. The number of rotatable bonds is 1. The van der Waals surface area contributed by atoms with Crippen LogP contribution in [0.3, 0.4) is 0 Å². The fraction of sp³-hybridized carbons (Fsp3) is 0.500. The van der Waals surface area contributed by atoms with Crippen LogP contribution in [0.2, 0.25) is 0 Å². The number of hydrogen-bond donors (Lipinski definition) is 0. The topological polar surface area (TPSA) is 43.2 Å². The zero-order valence-electron chi connectivity index (χ0n) is 9.35. The minimum absolute atomic E-state index is 0.505. The molecule has 0 aromatic carbocycles. The maximum Gasteiger partial charge on any atom is 0.103 e. The standard InChI is InChI=1S/C12H14N4/c1-15-6-12(7-15)8-16(9-12)11-2-3-14-5-10(11)4-13/h2-3,5H,6-9H2,1H3. The Hall–Kier alpha value is -1.60. The van der Waals surface area contributed by atoms with E-state index < -0.39 is 0 Å². The van der Waals surface area contributed by atoms with Crippen LogP contribution in [0.1, 0.15) is 5.56 Å². The second-order valence-corrected chi connectivity index (χ2v) is 5.03. The summed E-state index contributed by atoms with van der Waals surface area (Å²) in [7, 11) is 2.15. The van der Waals surface area contributed by atoms with Crippen LogP contribution < -0.4 is 4.90 Å². The summed E-state index contributed by atoms with van der Waals surface area (Å²) < 4.78 is 0. The first-order valence-electron chi connectivity index (χ1n) is 5.50. The van der Waals surface area contributed by atoms with Gasteiger partial charge in [0, 0.05) is 44.0 Å². The molecule has 1 aromatic heterocycles. The van der Waals surface area contributed by atoms with Gasteiger partial charge >= 0.3 is 0 Å². The predicted molar refractivity (Wildman–Crippen MR) is 61.1 cm³/mol. The molecule has 16 heavy (non-hydrogen) atoms. The highest BCUT2D eigenvalue weighted by Gasteiger charge is 2.50. The van der Waals surface area contributed by atoms with Crippen molar-refractivity contribution < 1.29 is 0 Å². The molecule has 0 radical (unpaired) electrons. The van der Waals surface area contributed by atoms with Crippen molar-refractivity contribution in [2.45, 2.75) is 0 Å². The van der Waals surface area contributed by atoms with Gasteiger partial charge in [-0.3, -0.25) is 4.98 Å². The summed E-state index contributed by atoms with van der Waals surface area (Å²) in [4.78, 5) is 8.61. The lowest BCUT2D eigenvalue weighted by Gasteiger charge is -2.60. The third kappa shape index (κ3) is 1.29. The Morgan fingerprint density at radius 1 is 1.38 bits per heavy atom. The van der Waals surface area contributed by atoms with Crippen LogP contribution in [-0.2, 0) is 0 Å². The number of likely N-dealkylation sites (tertiary alicyclic amines) is 1. The fourth-order valence-corrected chi connectivity index (χ4v) is 2.98. The number of anilines is 1. The summed E-state index contributed by atoms with van der Waals surface area (Å²) >= 11 is 0. The Balaban J connectivity index is 1.75. The van der Waals surface area contributed by atoms with Gasteiger partial charge in [0.05, 0.1) is 11.3 Å². The molecule has 0 atom stereocenters. The number of hydrogen-bond acceptors (Lipinski definition) is 4. The average molecular weight is 214 g/mol. The first-order chi connectivity index (χ1) is 7.72. The van der Waals surface area contributed by atoms with Gasteiger partial charge in [0.15, 0.2) is 0 Å². The van der Waals surface area contributed by atoms with Gasteiger partial charge in [-0.05, 0) is 13.1 Å². The van der Waals surface area contributed by atoms with Crippen molar-refractivity contribution in [1.29, 1.82) is 5.26 Å². The highest BCUT2D eigenvalue weighted by atomic mass is 15.3. The van der Waals surface area contributed by atoms with Crippen molar-refractivity contribution in [2.24, 2.45) is 5.41 Å². The lowest BCUT2D eigenvalue weighted by atomic mass is 9.73.